The number of amides is 1. The number of piperidine rings is 1. The Balaban J connectivity index is 1.73. The largest absolute Gasteiger partial charge is 0.484 e. The second kappa shape index (κ2) is 7.58. The van der Waals surface area contributed by atoms with E-state index >= 15 is 0 Å². The van der Waals surface area contributed by atoms with Gasteiger partial charge in [-0.05, 0) is 64.0 Å². The van der Waals surface area contributed by atoms with Crippen LogP contribution in [0.2, 0.25) is 0 Å². The van der Waals surface area contributed by atoms with E-state index in [4.69, 9.17) is 4.74 Å². The van der Waals surface area contributed by atoms with Gasteiger partial charge in [-0.15, -0.1) is 0 Å². The van der Waals surface area contributed by atoms with Crippen LogP contribution in [-0.2, 0) is 4.79 Å². The lowest BCUT2D eigenvalue weighted by Crippen LogP contribution is -2.53. The van der Waals surface area contributed by atoms with E-state index in [0.29, 0.717) is 12.3 Å². The number of halogens is 1. The molecule has 0 aliphatic carbocycles. The lowest BCUT2D eigenvalue weighted by molar-refractivity contribution is -0.123. The van der Waals surface area contributed by atoms with Crippen LogP contribution in [0.15, 0.2) is 24.3 Å². The van der Waals surface area contributed by atoms with Crippen LogP contribution in [0.25, 0.3) is 0 Å². The van der Waals surface area contributed by atoms with E-state index in [9.17, 15) is 9.18 Å². The molecule has 1 fully saturated rings. The van der Waals surface area contributed by atoms with Crippen molar-refractivity contribution in [1.29, 1.82) is 0 Å². The predicted octanol–water partition coefficient (Wildman–Crippen LogP) is 2.59. The molecular formula is C17H25FN2O2. The maximum Gasteiger partial charge on any atom is 0.258 e. The van der Waals surface area contributed by atoms with Crippen LogP contribution in [0.5, 0.6) is 5.75 Å². The molecule has 1 heterocycles. The summed E-state index contributed by atoms with van der Waals surface area (Å²) in [5.41, 5.74) is -0.0496. The Morgan fingerprint density at radius 3 is 2.50 bits per heavy atom. The Morgan fingerprint density at radius 2 is 1.86 bits per heavy atom. The first kappa shape index (κ1) is 16.7. The van der Waals surface area contributed by atoms with Gasteiger partial charge < -0.3 is 10.1 Å². The third kappa shape index (κ3) is 4.98. The van der Waals surface area contributed by atoms with E-state index in [1.165, 1.54) is 43.5 Å². The third-order valence-corrected chi connectivity index (χ3v) is 4.11. The monoisotopic (exact) mass is 308 g/mol. The molecule has 1 N–H and O–H groups in total. The van der Waals surface area contributed by atoms with E-state index in [2.05, 4.69) is 24.1 Å². The summed E-state index contributed by atoms with van der Waals surface area (Å²) in [7, 11) is 0. The normalized spacial score (nSPS) is 16.3. The van der Waals surface area contributed by atoms with Gasteiger partial charge >= 0.3 is 0 Å². The van der Waals surface area contributed by atoms with E-state index < -0.39 is 0 Å². The van der Waals surface area contributed by atoms with Crippen LogP contribution in [0.1, 0.15) is 33.1 Å². The van der Waals surface area contributed by atoms with Crippen LogP contribution >= 0.6 is 0 Å². The molecule has 0 unspecified atom stereocenters. The fraction of sp³-hybridized carbons (Fsp3) is 0.588. The summed E-state index contributed by atoms with van der Waals surface area (Å²) in [6.07, 6.45) is 3.75. The molecule has 1 aromatic rings. The fourth-order valence-electron chi connectivity index (χ4n) is 2.66. The van der Waals surface area contributed by atoms with Gasteiger partial charge in [0.15, 0.2) is 6.61 Å². The maximum atomic E-state index is 12.8. The molecule has 22 heavy (non-hydrogen) atoms. The molecule has 1 saturated heterocycles. The predicted molar refractivity (Wildman–Crippen MR) is 84.4 cm³/mol. The van der Waals surface area contributed by atoms with Gasteiger partial charge in [-0.1, -0.05) is 6.42 Å². The molecule has 5 heteroatoms. The van der Waals surface area contributed by atoms with Crippen molar-refractivity contribution >= 4 is 5.91 Å². The quantitative estimate of drug-likeness (QED) is 0.878. The average molecular weight is 308 g/mol. The molecular weight excluding hydrogens is 283 g/mol. The van der Waals surface area contributed by atoms with Crippen molar-refractivity contribution in [2.45, 2.75) is 38.6 Å². The van der Waals surface area contributed by atoms with Gasteiger partial charge in [0.05, 0.1) is 0 Å². The van der Waals surface area contributed by atoms with Gasteiger partial charge in [-0.2, -0.15) is 0 Å². The van der Waals surface area contributed by atoms with Crippen molar-refractivity contribution in [3.63, 3.8) is 0 Å². The lowest BCUT2D eigenvalue weighted by atomic mass is 9.98. The number of carbonyl (C=O) groups is 1. The zero-order chi connectivity index (χ0) is 16.0. The molecule has 1 aromatic carbocycles. The summed E-state index contributed by atoms with van der Waals surface area (Å²) >= 11 is 0. The highest BCUT2D eigenvalue weighted by molar-refractivity contribution is 5.77. The Bertz CT molecular complexity index is 482. The highest BCUT2D eigenvalue weighted by Gasteiger charge is 2.28. The highest BCUT2D eigenvalue weighted by Crippen LogP contribution is 2.19. The van der Waals surface area contributed by atoms with Crippen LogP contribution in [0.4, 0.5) is 4.39 Å². The van der Waals surface area contributed by atoms with Gasteiger partial charge in [0.1, 0.15) is 11.6 Å². The second-order valence-electron chi connectivity index (χ2n) is 6.38. The first-order chi connectivity index (χ1) is 10.5. The summed E-state index contributed by atoms with van der Waals surface area (Å²) in [6, 6.07) is 5.65. The van der Waals surface area contributed by atoms with Gasteiger partial charge in [-0.3, -0.25) is 9.69 Å². The molecule has 1 amide bonds. The molecule has 1 aliphatic heterocycles. The number of hydrogen-bond acceptors (Lipinski definition) is 3. The van der Waals surface area contributed by atoms with Crippen molar-refractivity contribution in [3.05, 3.63) is 30.1 Å². The molecule has 0 aromatic heterocycles. The number of likely N-dealkylation sites (tertiary alicyclic amines) is 1. The first-order valence-electron chi connectivity index (χ1n) is 7.87. The first-order valence-corrected chi connectivity index (χ1v) is 7.87. The van der Waals surface area contributed by atoms with Crippen LogP contribution in [-0.4, -0.2) is 42.6 Å². The topological polar surface area (TPSA) is 41.6 Å². The third-order valence-electron chi connectivity index (χ3n) is 4.11. The molecule has 0 radical (unpaired) electrons. The van der Waals surface area contributed by atoms with E-state index in [0.717, 1.165) is 13.1 Å². The number of ether oxygens (including phenoxy) is 1. The minimum atomic E-state index is -0.319. The van der Waals surface area contributed by atoms with Gasteiger partial charge in [-0.25, -0.2) is 4.39 Å². The van der Waals surface area contributed by atoms with Crippen molar-refractivity contribution < 1.29 is 13.9 Å². The molecule has 0 atom stereocenters. The molecule has 0 spiro atoms. The van der Waals surface area contributed by atoms with Crippen LogP contribution < -0.4 is 10.1 Å². The summed E-state index contributed by atoms with van der Waals surface area (Å²) in [6.45, 7) is 7.03. The zero-order valence-corrected chi connectivity index (χ0v) is 13.4. The fourth-order valence-corrected chi connectivity index (χ4v) is 2.66. The van der Waals surface area contributed by atoms with Crippen molar-refractivity contribution in [1.82, 2.24) is 10.2 Å². The Labute approximate surface area is 131 Å². The van der Waals surface area contributed by atoms with Crippen LogP contribution in [0.3, 0.4) is 0 Å². The van der Waals surface area contributed by atoms with Gasteiger partial charge in [0.25, 0.3) is 5.91 Å². The molecule has 0 saturated carbocycles. The minimum Gasteiger partial charge on any atom is -0.484 e. The number of nitrogens with zero attached hydrogens (tertiary/aromatic N) is 1. The SMILES string of the molecule is CC(C)(CNC(=O)COc1ccc(F)cc1)N1CCCCC1. The number of hydrogen-bond donors (Lipinski definition) is 1. The highest BCUT2D eigenvalue weighted by atomic mass is 19.1. The standard InChI is InChI=1S/C17H25FN2O2/c1-17(2,20-10-4-3-5-11-20)13-19-16(21)12-22-15-8-6-14(18)7-9-15/h6-9H,3-5,10-13H2,1-2H3,(H,19,21). The maximum absolute atomic E-state index is 12.8. The molecule has 4 nitrogen and oxygen atoms in total. The number of carbonyl (C=O) groups excluding carboxylic acids is 1. The molecule has 1 aliphatic rings. The van der Waals surface area contributed by atoms with Gasteiger partial charge in [0.2, 0.25) is 0 Å². The Morgan fingerprint density at radius 1 is 1.23 bits per heavy atom. The summed E-state index contributed by atoms with van der Waals surface area (Å²) < 4.78 is 18.1. The summed E-state index contributed by atoms with van der Waals surface area (Å²) in [5, 5.41) is 2.92. The summed E-state index contributed by atoms with van der Waals surface area (Å²) in [5.74, 6) is 0.0151. The van der Waals surface area contributed by atoms with Crippen molar-refractivity contribution in [2.75, 3.05) is 26.2 Å². The van der Waals surface area contributed by atoms with Crippen molar-refractivity contribution in [2.24, 2.45) is 0 Å². The average Bonchev–Trinajstić information content (AvgIpc) is 2.53. The summed E-state index contributed by atoms with van der Waals surface area (Å²) in [4.78, 5) is 14.3. The van der Waals surface area contributed by atoms with Gasteiger partial charge in [0, 0.05) is 12.1 Å². The number of benzene rings is 1. The Hall–Kier alpha value is -1.62. The van der Waals surface area contributed by atoms with Crippen LogP contribution in [0, 0.1) is 5.82 Å². The van der Waals surface area contributed by atoms with E-state index in [-0.39, 0.29) is 23.9 Å². The number of rotatable bonds is 6. The molecule has 2 rings (SSSR count). The minimum absolute atomic E-state index is 0.0496. The second-order valence-corrected chi connectivity index (χ2v) is 6.38. The van der Waals surface area contributed by atoms with E-state index in [1.807, 2.05) is 0 Å². The zero-order valence-electron chi connectivity index (χ0n) is 13.4. The lowest BCUT2D eigenvalue weighted by Gasteiger charge is -2.41. The Kier molecular flexibility index (Phi) is 5.77. The smallest absolute Gasteiger partial charge is 0.258 e. The molecule has 0 bridgehead atoms. The van der Waals surface area contributed by atoms with Crippen molar-refractivity contribution in [3.8, 4) is 5.75 Å². The van der Waals surface area contributed by atoms with E-state index in [1.54, 1.807) is 0 Å². The number of nitrogens with one attached hydrogen (secondary N) is 1. The molecule has 122 valence electrons.